The van der Waals surface area contributed by atoms with Gasteiger partial charge in [0.15, 0.2) is 0 Å². The third-order valence-corrected chi connectivity index (χ3v) is 0.969. The van der Waals surface area contributed by atoms with E-state index in [1.165, 1.54) is 0 Å². The Morgan fingerprint density at radius 1 is 1.67 bits per heavy atom. The van der Waals surface area contributed by atoms with Crippen molar-refractivity contribution in [2.24, 2.45) is 5.73 Å². The third-order valence-electron chi connectivity index (χ3n) is 0.969. The van der Waals surface area contributed by atoms with Crippen molar-refractivity contribution in [3.05, 3.63) is 18.2 Å². The molecule has 1 rings (SSSR count). The van der Waals surface area contributed by atoms with Crippen LogP contribution in [0.2, 0.25) is 0 Å². The number of aromatic amines is 1. The minimum Gasteiger partial charge on any atom is -0.348 e. The Morgan fingerprint density at radius 3 is 2.89 bits per heavy atom. The normalized spacial score (nSPS) is 8.56. The molecule has 0 aliphatic heterocycles. The molecule has 1 heterocycles. The van der Waals surface area contributed by atoms with Gasteiger partial charge in [-0.2, -0.15) is 0 Å². The number of imidazole rings is 1. The number of nitrogens with two attached hydrogens (primary N) is 1. The molecule has 0 radical (unpaired) electrons. The second-order valence-corrected chi connectivity index (χ2v) is 1.62. The molecule has 0 saturated carbocycles. The van der Waals surface area contributed by atoms with Gasteiger partial charge in [-0.3, -0.25) is 0 Å². The number of H-pyrrole nitrogens is 1. The molecule has 50 valence electrons. The van der Waals surface area contributed by atoms with Gasteiger partial charge in [0, 0.05) is 35.7 Å². The maximum Gasteiger partial charge on any atom is 0.0921 e. The number of hydrogen-bond donors (Lipinski definition) is 2. The molecular weight excluding hydrogens is 154 g/mol. The van der Waals surface area contributed by atoms with Crippen LogP contribution in [-0.2, 0) is 23.8 Å². The molecule has 1 aromatic heterocycles. The van der Waals surface area contributed by atoms with Crippen LogP contribution in [0, 0.1) is 0 Å². The van der Waals surface area contributed by atoms with Crippen molar-refractivity contribution >= 4 is 0 Å². The van der Waals surface area contributed by atoms with E-state index >= 15 is 0 Å². The van der Waals surface area contributed by atoms with Gasteiger partial charge >= 0.3 is 0 Å². The van der Waals surface area contributed by atoms with E-state index in [0.717, 1.165) is 12.1 Å². The summed E-state index contributed by atoms with van der Waals surface area (Å²) in [7, 11) is 0. The largest absolute Gasteiger partial charge is 0.348 e. The summed E-state index contributed by atoms with van der Waals surface area (Å²) in [5.74, 6) is 0. The van der Waals surface area contributed by atoms with E-state index < -0.39 is 0 Å². The Kier molecular flexibility index (Phi) is 4.42. The van der Waals surface area contributed by atoms with Crippen molar-refractivity contribution < 1.29 is 17.4 Å². The zero-order chi connectivity index (χ0) is 5.82. The first-order valence-corrected chi connectivity index (χ1v) is 2.61. The molecule has 3 nitrogen and oxygen atoms in total. The van der Waals surface area contributed by atoms with E-state index in [0.29, 0.717) is 6.54 Å². The predicted molar refractivity (Wildman–Crippen MR) is 31.3 cm³/mol. The zero-order valence-electron chi connectivity index (χ0n) is 5.00. The van der Waals surface area contributed by atoms with Crippen LogP contribution in [-0.4, -0.2) is 16.5 Å². The summed E-state index contributed by atoms with van der Waals surface area (Å²) in [6, 6.07) is 0. The van der Waals surface area contributed by atoms with Gasteiger partial charge in [0.25, 0.3) is 0 Å². The van der Waals surface area contributed by atoms with E-state index in [1.54, 1.807) is 12.5 Å². The topological polar surface area (TPSA) is 54.7 Å². The first-order chi connectivity index (χ1) is 3.93. The molecule has 0 aliphatic rings. The molecule has 9 heavy (non-hydrogen) atoms. The third kappa shape index (κ3) is 2.66. The van der Waals surface area contributed by atoms with Crippen LogP contribution in [0.3, 0.4) is 0 Å². The Hall–Kier alpha value is -0.298. The van der Waals surface area contributed by atoms with Gasteiger partial charge in [0.1, 0.15) is 0 Å². The monoisotopic (exact) mass is 163 g/mol. The van der Waals surface area contributed by atoms with Crippen molar-refractivity contribution in [1.82, 2.24) is 9.97 Å². The molecule has 0 amide bonds. The van der Waals surface area contributed by atoms with Gasteiger partial charge in [-0.25, -0.2) is 4.98 Å². The molecule has 0 aliphatic carbocycles. The van der Waals surface area contributed by atoms with Crippen LogP contribution in [0.15, 0.2) is 12.5 Å². The molecule has 0 aromatic carbocycles. The van der Waals surface area contributed by atoms with E-state index in [9.17, 15) is 0 Å². The molecular formula is C5H9CrN3. The molecule has 0 bridgehead atoms. The Labute approximate surface area is 64.8 Å². The average molecular weight is 163 g/mol. The molecule has 0 fully saturated rings. The van der Waals surface area contributed by atoms with E-state index in [-0.39, 0.29) is 17.4 Å². The van der Waals surface area contributed by atoms with Gasteiger partial charge in [0.05, 0.1) is 6.33 Å². The van der Waals surface area contributed by atoms with Crippen LogP contribution in [0.5, 0.6) is 0 Å². The number of nitrogens with zero attached hydrogens (tertiary/aromatic N) is 1. The predicted octanol–water partition coefficient (Wildman–Crippen LogP) is -0.0916. The Bertz CT molecular complexity index is 138. The van der Waals surface area contributed by atoms with Gasteiger partial charge in [-0.1, -0.05) is 0 Å². The molecule has 3 N–H and O–H groups in total. The fourth-order valence-corrected chi connectivity index (χ4v) is 0.577. The Balaban J connectivity index is 0.000000640. The fourth-order valence-electron chi connectivity index (χ4n) is 0.577. The van der Waals surface area contributed by atoms with Crippen molar-refractivity contribution in [2.45, 2.75) is 6.42 Å². The quantitative estimate of drug-likeness (QED) is 0.640. The van der Waals surface area contributed by atoms with Crippen LogP contribution >= 0.6 is 0 Å². The van der Waals surface area contributed by atoms with Gasteiger partial charge in [0.2, 0.25) is 0 Å². The molecule has 0 atom stereocenters. The van der Waals surface area contributed by atoms with Crippen LogP contribution in [0.25, 0.3) is 0 Å². The summed E-state index contributed by atoms with van der Waals surface area (Å²) in [5.41, 5.74) is 6.38. The minimum atomic E-state index is 0. The number of rotatable bonds is 2. The first kappa shape index (κ1) is 8.70. The zero-order valence-corrected chi connectivity index (χ0v) is 6.28. The van der Waals surface area contributed by atoms with Gasteiger partial charge < -0.3 is 10.7 Å². The number of hydrogen-bond acceptors (Lipinski definition) is 2. The van der Waals surface area contributed by atoms with E-state index in [2.05, 4.69) is 9.97 Å². The fraction of sp³-hybridized carbons (Fsp3) is 0.400. The van der Waals surface area contributed by atoms with Crippen LogP contribution in [0.1, 0.15) is 5.69 Å². The number of aromatic nitrogens is 2. The summed E-state index contributed by atoms with van der Waals surface area (Å²) in [4.78, 5) is 6.78. The van der Waals surface area contributed by atoms with Gasteiger partial charge in [-0.15, -0.1) is 0 Å². The van der Waals surface area contributed by atoms with Crippen molar-refractivity contribution in [3.8, 4) is 0 Å². The molecule has 1 aromatic rings. The summed E-state index contributed by atoms with van der Waals surface area (Å²) in [5, 5.41) is 0. The standard InChI is InChI=1S/C5H9N3.Cr/c6-2-1-5-3-7-4-8-5;/h3-4H,1-2,6H2,(H,7,8);. The summed E-state index contributed by atoms with van der Waals surface area (Å²) in [6.07, 6.45) is 4.33. The SMILES string of the molecule is NCCc1cnc[nH]1.[Cr]. The minimum absolute atomic E-state index is 0. The summed E-state index contributed by atoms with van der Waals surface area (Å²) in [6.45, 7) is 0.683. The van der Waals surface area contributed by atoms with Crippen LogP contribution in [0.4, 0.5) is 0 Å². The van der Waals surface area contributed by atoms with E-state index in [1.807, 2.05) is 0 Å². The average Bonchev–Trinajstić information content (AvgIpc) is 2.19. The smallest absolute Gasteiger partial charge is 0.0921 e. The van der Waals surface area contributed by atoms with Gasteiger partial charge in [-0.05, 0) is 6.54 Å². The maximum absolute atomic E-state index is 5.27. The van der Waals surface area contributed by atoms with Crippen molar-refractivity contribution in [2.75, 3.05) is 6.54 Å². The number of nitrogens with one attached hydrogen (secondary N) is 1. The summed E-state index contributed by atoms with van der Waals surface area (Å²) < 4.78 is 0. The van der Waals surface area contributed by atoms with E-state index in [4.69, 9.17) is 5.73 Å². The second-order valence-electron chi connectivity index (χ2n) is 1.62. The molecule has 0 unspecified atom stereocenters. The summed E-state index contributed by atoms with van der Waals surface area (Å²) >= 11 is 0. The first-order valence-electron chi connectivity index (χ1n) is 2.61. The maximum atomic E-state index is 5.27. The van der Waals surface area contributed by atoms with Crippen molar-refractivity contribution in [1.29, 1.82) is 0 Å². The Morgan fingerprint density at radius 2 is 2.44 bits per heavy atom. The molecule has 0 spiro atoms. The molecule has 0 saturated heterocycles. The second kappa shape index (κ2) is 4.57. The molecule has 4 heteroatoms. The van der Waals surface area contributed by atoms with Crippen molar-refractivity contribution in [3.63, 3.8) is 0 Å². The van der Waals surface area contributed by atoms with Crippen LogP contribution < -0.4 is 5.73 Å².